The summed E-state index contributed by atoms with van der Waals surface area (Å²) in [5.41, 5.74) is 5.59. The van der Waals surface area contributed by atoms with E-state index in [1.54, 1.807) is 6.92 Å². The molecule has 0 aromatic rings. The van der Waals surface area contributed by atoms with Gasteiger partial charge in [0, 0.05) is 0 Å². The van der Waals surface area contributed by atoms with Crippen LogP contribution in [0.3, 0.4) is 0 Å². The van der Waals surface area contributed by atoms with Gasteiger partial charge in [-0.3, -0.25) is 4.79 Å². The third-order valence-corrected chi connectivity index (χ3v) is 1.93. The van der Waals surface area contributed by atoms with Crippen LogP contribution in [0.15, 0.2) is 0 Å². The average Bonchev–Trinajstić information content (AvgIpc) is 2.14. The lowest BCUT2D eigenvalue weighted by Gasteiger charge is -2.18. The van der Waals surface area contributed by atoms with Crippen molar-refractivity contribution >= 4 is 11.9 Å². The number of carbonyl (C=O) groups excluding carboxylic acids is 2. The fourth-order valence-corrected chi connectivity index (χ4v) is 0.848. The lowest BCUT2D eigenvalue weighted by atomic mass is 10.0. The molecule has 0 saturated heterocycles. The third kappa shape index (κ3) is 3.74. The van der Waals surface area contributed by atoms with E-state index in [0.717, 1.165) is 0 Å². The van der Waals surface area contributed by atoms with E-state index in [9.17, 15) is 9.59 Å². The predicted molar refractivity (Wildman–Crippen MR) is 52.4 cm³/mol. The van der Waals surface area contributed by atoms with E-state index in [1.165, 1.54) is 7.11 Å². The van der Waals surface area contributed by atoms with Gasteiger partial charge in [0.2, 0.25) is 5.91 Å². The Morgan fingerprint density at radius 1 is 1.29 bits per heavy atom. The lowest BCUT2D eigenvalue weighted by Crippen LogP contribution is -2.49. The van der Waals surface area contributed by atoms with Crippen LogP contribution >= 0.6 is 0 Å². The molecule has 0 saturated carbocycles. The predicted octanol–water partition coefficient (Wildman–Crippen LogP) is -0.353. The summed E-state index contributed by atoms with van der Waals surface area (Å²) in [6, 6.07) is -1.25. The molecule has 82 valence electrons. The molecule has 1 amide bonds. The molecule has 0 aliphatic heterocycles. The molecule has 0 aromatic carbocycles. The highest BCUT2D eigenvalue weighted by Gasteiger charge is 2.22. The number of ether oxygens (including phenoxy) is 1. The lowest BCUT2D eigenvalue weighted by molar-refractivity contribution is -0.144. The average molecular weight is 202 g/mol. The first-order valence-electron chi connectivity index (χ1n) is 4.54. The molecule has 5 nitrogen and oxygen atoms in total. The van der Waals surface area contributed by atoms with Crippen molar-refractivity contribution in [2.45, 2.75) is 32.9 Å². The molecule has 0 radical (unpaired) electrons. The van der Waals surface area contributed by atoms with Crippen LogP contribution in [-0.2, 0) is 14.3 Å². The molecule has 0 spiro atoms. The number of rotatable bonds is 4. The monoisotopic (exact) mass is 202 g/mol. The number of hydrogen-bond acceptors (Lipinski definition) is 4. The summed E-state index contributed by atoms with van der Waals surface area (Å²) in [4.78, 5) is 22.3. The van der Waals surface area contributed by atoms with Crippen LogP contribution in [0.25, 0.3) is 0 Å². The smallest absolute Gasteiger partial charge is 0.328 e. The standard InChI is InChI=1S/C9H18N2O3/c1-5(2)7(10)8(12)11-6(3)9(13)14-4/h5-7H,10H2,1-4H3,(H,11,12)/t6?,7-/m1/s1. The van der Waals surface area contributed by atoms with E-state index >= 15 is 0 Å². The summed E-state index contributed by atoms with van der Waals surface area (Å²) < 4.78 is 4.46. The highest BCUT2D eigenvalue weighted by atomic mass is 16.5. The third-order valence-electron chi connectivity index (χ3n) is 1.93. The Hall–Kier alpha value is -1.10. The second-order valence-corrected chi connectivity index (χ2v) is 3.52. The van der Waals surface area contributed by atoms with Crippen molar-refractivity contribution in [1.82, 2.24) is 5.32 Å². The number of nitrogens with one attached hydrogen (secondary N) is 1. The number of hydrogen-bond donors (Lipinski definition) is 2. The molecule has 2 atom stereocenters. The molecule has 0 heterocycles. The molecule has 0 aliphatic rings. The molecule has 0 fully saturated rings. The van der Waals surface area contributed by atoms with Crippen LogP contribution in [0.2, 0.25) is 0 Å². The van der Waals surface area contributed by atoms with Gasteiger partial charge in [0.1, 0.15) is 6.04 Å². The Balaban J connectivity index is 4.12. The van der Waals surface area contributed by atoms with Gasteiger partial charge in [-0.1, -0.05) is 13.8 Å². The van der Waals surface area contributed by atoms with Gasteiger partial charge in [-0.15, -0.1) is 0 Å². The quantitative estimate of drug-likeness (QED) is 0.610. The second kappa shape index (κ2) is 5.59. The molecular weight excluding hydrogens is 184 g/mol. The van der Waals surface area contributed by atoms with Gasteiger partial charge in [0.05, 0.1) is 13.2 Å². The van der Waals surface area contributed by atoms with E-state index in [2.05, 4.69) is 10.1 Å². The highest BCUT2D eigenvalue weighted by Crippen LogP contribution is 1.98. The Bertz CT molecular complexity index is 216. The van der Waals surface area contributed by atoms with Crippen LogP contribution in [0.1, 0.15) is 20.8 Å². The van der Waals surface area contributed by atoms with E-state index < -0.39 is 18.1 Å². The molecule has 0 aromatic heterocycles. The van der Waals surface area contributed by atoms with Crippen molar-refractivity contribution in [3.05, 3.63) is 0 Å². The summed E-state index contributed by atoms with van der Waals surface area (Å²) >= 11 is 0. The number of methoxy groups -OCH3 is 1. The minimum absolute atomic E-state index is 0.0415. The van der Waals surface area contributed by atoms with Crippen molar-refractivity contribution in [1.29, 1.82) is 0 Å². The van der Waals surface area contributed by atoms with Crippen molar-refractivity contribution < 1.29 is 14.3 Å². The number of esters is 1. The maximum absolute atomic E-state index is 11.4. The zero-order valence-electron chi connectivity index (χ0n) is 9.03. The maximum atomic E-state index is 11.4. The van der Waals surface area contributed by atoms with Crippen LogP contribution in [-0.4, -0.2) is 31.1 Å². The minimum atomic E-state index is -0.655. The molecule has 14 heavy (non-hydrogen) atoms. The zero-order chi connectivity index (χ0) is 11.3. The van der Waals surface area contributed by atoms with Crippen molar-refractivity contribution in [3.63, 3.8) is 0 Å². The Labute approximate surface area is 84.0 Å². The molecular formula is C9H18N2O3. The van der Waals surface area contributed by atoms with Crippen LogP contribution in [0.4, 0.5) is 0 Å². The summed E-state index contributed by atoms with van der Waals surface area (Å²) in [6.45, 7) is 5.23. The minimum Gasteiger partial charge on any atom is -0.467 e. The zero-order valence-corrected chi connectivity index (χ0v) is 9.03. The number of carbonyl (C=O) groups is 2. The van der Waals surface area contributed by atoms with Gasteiger partial charge in [-0.2, -0.15) is 0 Å². The molecule has 0 bridgehead atoms. The number of amides is 1. The van der Waals surface area contributed by atoms with E-state index in [1.807, 2.05) is 13.8 Å². The fourth-order valence-electron chi connectivity index (χ4n) is 0.848. The Kier molecular flexibility index (Phi) is 5.15. The van der Waals surface area contributed by atoms with Gasteiger partial charge >= 0.3 is 5.97 Å². The maximum Gasteiger partial charge on any atom is 0.328 e. The second-order valence-electron chi connectivity index (χ2n) is 3.52. The Morgan fingerprint density at radius 2 is 1.79 bits per heavy atom. The molecule has 3 N–H and O–H groups in total. The first-order valence-corrected chi connectivity index (χ1v) is 4.54. The first kappa shape index (κ1) is 12.9. The molecule has 0 aliphatic carbocycles. The summed E-state index contributed by atoms with van der Waals surface area (Å²) in [6.07, 6.45) is 0. The summed E-state index contributed by atoms with van der Waals surface area (Å²) in [7, 11) is 1.27. The van der Waals surface area contributed by atoms with Gasteiger partial charge < -0.3 is 15.8 Å². The molecule has 5 heteroatoms. The number of nitrogens with two attached hydrogens (primary N) is 1. The van der Waals surface area contributed by atoms with Crippen LogP contribution < -0.4 is 11.1 Å². The topological polar surface area (TPSA) is 81.4 Å². The van der Waals surface area contributed by atoms with E-state index in [-0.39, 0.29) is 11.8 Å². The van der Waals surface area contributed by atoms with Gasteiger partial charge in [-0.05, 0) is 12.8 Å². The van der Waals surface area contributed by atoms with Gasteiger partial charge in [0.15, 0.2) is 0 Å². The van der Waals surface area contributed by atoms with E-state index in [4.69, 9.17) is 5.73 Å². The fraction of sp³-hybridized carbons (Fsp3) is 0.778. The summed E-state index contributed by atoms with van der Waals surface area (Å²) in [5, 5.41) is 2.47. The molecule has 0 rings (SSSR count). The van der Waals surface area contributed by atoms with Gasteiger partial charge in [-0.25, -0.2) is 4.79 Å². The van der Waals surface area contributed by atoms with Crippen molar-refractivity contribution in [3.8, 4) is 0 Å². The van der Waals surface area contributed by atoms with Gasteiger partial charge in [0.25, 0.3) is 0 Å². The van der Waals surface area contributed by atoms with E-state index in [0.29, 0.717) is 0 Å². The Morgan fingerprint density at radius 3 is 2.14 bits per heavy atom. The van der Waals surface area contributed by atoms with Crippen molar-refractivity contribution in [2.75, 3.05) is 7.11 Å². The first-order chi connectivity index (χ1) is 6.40. The van der Waals surface area contributed by atoms with Crippen molar-refractivity contribution in [2.24, 2.45) is 11.7 Å². The largest absolute Gasteiger partial charge is 0.467 e. The normalized spacial score (nSPS) is 14.7. The highest BCUT2D eigenvalue weighted by molar-refractivity contribution is 5.87. The SMILES string of the molecule is COC(=O)C(C)NC(=O)[C@H](N)C(C)C. The van der Waals surface area contributed by atoms with Crippen LogP contribution in [0.5, 0.6) is 0 Å². The molecule has 1 unspecified atom stereocenters. The van der Waals surface area contributed by atoms with Crippen LogP contribution in [0, 0.1) is 5.92 Å². The summed E-state index contributed by atoms with van der Waals surface area (Å²) in [5.74, 6) is -0.771.